The molecule has 5 heteroatoms. The van der Waals surface area contributed by atoms with Crippen LogP contribution in [-0.2, 0) is 6.54 Å². The van der Waals surface area contributed by atoms with Crippen molar-refractivity contribution in [1.29, 1.82) is 0 Å². The monoisotopic (exact) mass is 385 g/mol. The maximum atomic E-state index is 9.47. The van der Waals surface area contributed by atoms with Crippen LogP contribution in [0.4, 0.5) is 0 Å². The second kappa shape index (κ2) is 6.92. The Kier molecular flexibility index (Phi) is 5.22. The summed E-state index contributed by atoms with van der Waals surface area (Å²) in [7, 11) is 0. The zero-order valence-electron chi connectivity index (χ0n) is 10.8. The van der Waals surface area contributed by atoms with Crippen molar-refractivity contribution in [2.45, 2.75) is 12.6 Å². The van der Waals surface area contributed by atoms with Gasteiger partial charge in [0.25, 0.3) is 0 Å². The Morgan fingerprint density at radius 2 is 1.65 bits per heavy atom. The van der Waals surface area contributed by atoms with Gasteiger partial charge in [0, 0.05) is 10.1 Å². The molecule has 0 heterocycles. The molecule has 0 aromatic heterocycles. The molecule has 0 amide bonds. The topological polar surface area (TPSA) is 72.7 Å². The van der Waals surface area contributed by atoms with Crippen LogP contribution in [0.3, 0.4) is 0 Å². The standard InChI is InChI=1S/C15H16INO3/c16-14-7-13(20)6-3-11(14)8-17-15(9-18)10-1-4-12(19)5-2-10/h1-7,15,17-20H,8-9H2. The molecule has 0 bridgehead atoms. The van der Waals surface area contributed by atoms with Crippen LogP contribution in [0, 0.1) is 3.57 Å². The van der Waals surface area contributed by atoms with Gasteiger partial charge >= 0.3 is 0 Å². The quantitative estimate of drug-likeness (QED) is 0.597. The van der Waals surface area contributed by atoms with Gasteiger partial charge in [-0.15, -0.1) is 0 Å². The Balaban J connectivity index is 2.05. The van der Waals surface area contributed by atoms with Gasteiger partial charge in [0.2, 0.25) is 0 Å². The molecule has 4 nitrogen and oxygen atoms in total. The van der Waals surface area contributed by atoms with Gasteiger partial charge in [0.1, 0.15) is 11.5 Å². The molecule has 4 N–H and O–H groups in total. The summed E-state index contributed by atoms with van der Waals surface area (Å²) in [6.07, 6.45) is 0. The number of benzene rings is 2. The summed E-state index contributed by atoms with van der Waals surface area (Å²) in [5.41, 5.74) is 1.97. The molecule has 0 aliphatic heterocycles. The first-order valence-corrected chi connectivity index (χ1v) is 7.28. The van der Waals surface area contributed by atoms with Crippen LogP contribution < -0.4 is 5.32 Å². The third-order valence-electron chi connectivity index (χ3n) is 3.05. The Labute approximate surface area is 131 Å². The van der Waals surface area contributed by atoms with E-state index in [1.54, 1.807) is 36.4 Å². The first kappa shape index (κ1) is 15.1. The molecule has 0 fully saturated rings. The highest BCUT2D eigenvalue weighted by Gasteiger charge is 2.10. The van der Waals surface area contributed by atoms with Crippen LogP contribution in [0.1, 0.15) is 17.2 Å². The van der Waals surface area contributed by atoms with Crippen molar-refractivity contribution in [3.05, 3.63) is 57.2 Å². The average Bonchev–Trinajstić information content (AvgIpc) is 2.43. The Hall–Kier alpha value is -1.31. The number of phenols is 2. The van der Waals surface area contributed by atoms with Gasteiger partial charge in [-0.2, -0.15) is 0 Å². The van der Waals surface area contributed by atoms with Crippen molar-refractivity contribution in [1.82, 2.24) is 5.32 Å². The van der Waals surface area contributed by atoms with E-state index < -0.39 is 0 Å². The number of aliphatic hydroxyl groups is 1. The third-order valence-corrected chi connectivity index (χ3v) is 4.06. The molecule has 0 aliphatic rings. The lowest BCUT2D eigenvalue weighted by molar-refractivity contribution is 0.243. The summed E-state index contributed by atoms with van der Waals surface area (Å²) in [4.78, 5) is 0. The number of rotatable bonds is 5. The fraction of sp³-hybridized carbons (Fsp3) is 0.200. The molecule has 0 aliphatic carbocycles. The van der Waals surface area contributed by atoms with Gasteiger partial charge in [-0.25, -0.2) is 0 Å². The molecule has 0 saturated heterocycles. The van der Waals surface area contributed by atoms with Crippen LogP contribution in [0.2, 0.25) is 0 Å². The van der Waals surface area contributed by atoms with E-state index in [4.69, 9.17) is 0 Å². The minimum Gasteiger partial charge on any atom is -0.508 e. The fourth-order valence-corrected chi connectivity index (χ4v) is 2.60. The summed E-state index contributed by atoms with van der Waals surface area (Å²) in [5.74, 6) is 0.453. The van der Waals surface area contributed by atoms with Crippen LogP contribution in [0.25, 0.3) is 0 Å². The molecule has 1 atom stereocenters. The van der Waals surface area contributed by atoms with E-state index in [0.717, 1.165) is 14.7 Å². The second-order valence-corrected chi connectivity index (χ2v) is 5.65. The highest BCUT2D eigenvalue weighted by molar-refractivity contribution is 14.1. The zero-order valence-corrected chi connectivity index (χ0v) is 12.9. The molecule has 106 valence electrons. The number of hydrogen-bond acceptors (Lipinski definition) is 4. The van der Waals surface area contributed by atoms with E-state index in [9.17, 15) is 15.3 Å². The molecular formula is C15H16INO3. The van der Waals surface area contributed by atoms with Crippen molar-refractivity contribution in [2.24, 2.45) is 0 Å². The van der Waals surface area contributed by atoms with E-state index >= 15 is 0 Å². The molecule has 0 spiro atoms. The molecule has 0 saturated carbocycles. The van der Waals surface area contributed by atoms with Gasteiger partial charge in [-0.1, -0.05) is 18.2 Å². The molecule has 1 unspecified atom stereocenters. The van der Waals surface area contributed by atoms with Crippen molar-refractivity contribution in [3.8, 4) is 11.5 Å². The number of nitrogens with one attached hydrogen (secondary N) is 1. The number of halogens is 1. The molecule has 2 aromatic carbocycles. The summed E-state index contributed by atoms with van der Waals surface area (Å²) in [6, 6.07) is 11.8. The van der Waals surface area contributed by atoms with Gasteiger partial charge < -0.3 is 20.6 Å². The molecule has 2 rings (SSSR count). The summed E-state index contributed by atoms with van der Waals surface area (Å²) in [6.45, 7) is 0.560. The van der Waals surface area contributed by atoms with Crippen molar-refractivity contribution >= 4 is 22.6 Å². The highest BCUT2D eigenvalue weighted by atomic mass is 127. The highest BCUT2D eigenvalue weighted by Crippen LogP contribution is 2.21. The summed E-state index contributed by atoms with van der Waals surface area (Å²) < 4.78 is 0.970. The first-order chi connectivity index (χ1) is 9.60. The van der Waals surface area contributed by atoms with E-state index in [-0.39, 0.29) is 24.1 Å². The van der Waals surface area contributed by atoms with Gasteiger partial charge in [0.05, 0.1) is 12.6 Å². The Morgan fingerprint density at radius 1 is 1.00 bits per heavy atom. The van der Waals surface area contributed by atoms with Crippen LogP contribution >= 0.6 is 22.6 Å². The van der Waals surface area contributed by atoms with Gasteiger partial charge in [0.15, 0.2) is 0 Å². The minimum absolute atomic E-state index is 0.0283. The molecular weight excluding hydrogens is 369 g/mol. The lowest BCUT2D eigenvalue weighted by Crippen LogP contribution is -2.24. The molecule has 20 heavy (non-hydrogen) atoms. The number of aliphatic hydroxyl groups excluding tert-OH is 1. The predicted molar refractivity (Wildman–Crippen MR) is 85.6 cm³/mol. The van der Waals surface area contributed by atoms with E-state index in [2.05, 4.69) is 27.9 Å². The van der Waals surface area contributed by atoms with E-state index in [1.165, 1.54) is 0 Å². The average molecular weight is 385 g/mol. The lowest BCUT2D eigenvalue weighted by atomic mass is 10.1. The summed E-state index contributed by atoms with van der Waals surface area (Å²) >= 11 is 2.17. The Morgan fingerprint density at radius 3 is 2.25 bits per heavy atom. The normalized spacial score (nSPS) is 12.3. The van der Waals surface area contributed by atoms with Crippen LogP contribution in [0.5, 0.6) is 11.5 Å². The largest absolute Gasteiger partial charge is 0.508 e. The second-order valence-electron chi connectivity index (χ2n) is 4.48. The number of hydrogen-bond donors (Lipinski definition) is 4. The molecule has 0 radical (unpaired) electrons. The minimum atomic E-state index is -0.194. The number of phenolic OH excluding ortho intramolecular Hbond substituents is 2. The Bertz CT molecular complexity index is 572. The predicted octanol–water partition coefficient (Wildman–Crippen LogP) is 2.53. The van der Waals surface area contributed by atoms with Crippen molar-refractivity contribution in [2.75, 3.05) is 6.61 Å². The molecule has 2 aromatic rings. The van der Waals surface area contributed by atoms with Gasteiger partial charge in [-0.05, 0) is 58.0 Å². The third kappa shape index (κ3) is 3.84. The van der Waals surface area contributed by atoms with Crippen LogP contribution in [-0.4, -0.2) is 21.9 Å². The van der Waals surface area contributed by atoms with Crippen molar-refractivity contribution in [3.63, 3.8) is 0 Å². The maximum Gasteiger partial charge on any atom is 0.116 e. The smallest absolute Gasteiger partial charge is 0.116 e. The summed E-state index contributed by atoms with van der Waals surface area (Å²) in [5, 5.41) is 31.4. The van der Waals surface area contributed by atoms with E-state index in [1.807, 2.05) is 6.07 Å². The van der Waals surface area contributed by atoms with E-state index in [0.29, 0.717) is 6.54 Å². The lowest BCUT2D eigenvalue weighted by Gasteiger charge is -2.17. The fourth-order valence-electron chi connectivity index (χ4n) is 1.91. The van der Waals surface area contributed by atoms with Crippen LogP contribution in [0.15, 0.2) is 42.5 Å². The van der Waals surface area contributed by atoms with Crippen molar-refractivity contribution < 1.29 is 15.3 Å². The first-order valence-electron chi connectivity index (χ1n) is 6.20. The maximum absolute atomic E-state index is 9.47. The zero-order chi connectivity index (χ0) is 14.5. The number of aromatic hydroxyl groups is 2. The SMILES string of the molecule is OCC(NCc1ccc(O)cc1I)c1ccc(O)cc1. The van der Waals surface area contributed by atoms with Gasteiger partial charge in [-0.3, -0.25) is 0 Å².